The van der Waals surface area contributed by atoms with E-state index in [1.54, 1.807) is 0 Å². The van der Waals surface area contributed by atoms with Gasteiger partial charge in [0, 0.05) is 11.6 Å². The van der Waals surface area contributed by atoms with Crippen LogP contribution >= 0.6 is 0 Å². The normalized spacial score (nSPS) is 12.4. The quantitative estimate of drug-likeness (QED) is 0.864. The van der Waals surface area contributed by atoms with Gasteiger partial charge in [-0.3, -0.25) is 0 Å². The van der Waals surface area contributed by atoms with E-state index in [9.17, 15) is 0 Å². The van der Waals surface area contributed by atoms with E-state index < -0.39 is 0 Å². The Bertz CT molecular complexity index is 546. The highest BCUT2D eigenvalue weighted by atomic mass is 16.5. The minimum atomic E-state index is 0.117. The Morgan fingerprint density at radius 1 is 1.00 bits per heavy atom. The van der Waals surface area contributed by atoms with Crippen molar-refractivity contribution in [3.8, 4) is 16.9 Å². The summed E-state index contributed by atoms with van der Waals surface area (Å²) < 4.78 is 5.87. The molecule has 2 N–H and O–H groups in total. The van der Waals surface area contributed by atoms with Crippen molar-refractivity contribution in [2.75, 3.05) is 0 Å². The molecule has 2 aromatic rings. The van der Waals surface area contributed by atoms with Gasteiger partial charge in [-0.1, -0.05) is 49.4 Å². The van der Waals surface area contributed by atoms with Gasteiger partial charge in [0.05, 0.1) is 6.10 Å². The molecule has 0 fully saturated rings. The third-order valence-corrected chi connectivity index (χ3v) is 3.34. The van der Waals surface area contributed by atoms with Crippen LogP contribution in [0.15, 0.2) is 48.5 Å². The van der Waals surface area contributed by atoms with Gasteiger partial charge in [0.15, 0.2) is 0 Å². The molecule has 0 aromatic heterocycles. The Kier molecular flexibility index (Phi) is 4.80. The molecule has 0 spiro atoms. The van der Waals surface area contributed by atoms with Crippen molar-refractivity contribution in [3.63, 3.8) is 0 Å². The monoisotopic (exact) mass is 269 g/mol. The summed E-state index contributed by atoms with van der Waals surface area (Å²) in [5.74, 6) is 0.926. The van der Waals surface area contributed by atoms with Gasteiger partial charge in [-0.25, -0.2) is 0 Å². The van der Waals surface area contributed by atoms with Crippen molar-refractivity contribution in [2.24, 2.45) is 5.73 Å². The summed E-state index contributed by atoms with van der Waals surface area (Å²) in [6, 6.07) is 16.7. The zero-order chi connectivity index (χ0) is 14.5. The number of rotatable bonds is 5. The maximum absolute atomic E-state index is 6.05. The van der Waals surface area contributed by atoms with Crippen molar-refractivity contribution >= 4 is 0 Å². The van der Waals surface area contributed by atoms with Crippen molar-refractivity contribution in [1.82, 2.24) is 0 Å². The number of para-hydroxylation sites is 1. The molecule has 2 heteroatoms. The lowest BCUT2D eigenvalue weighted by molar-refractivity contribution is 0.243. The van der Waals surface area contributed by atoms with Crippen LogP contribution in [0.3, 0.4) is 0 Å². The number of nitrogens with two attached hydrogens (primary N) is 1. The smallest absolute Gasteiger partial charge is 0.127 e. The molecule has 1 unspecified atom stereocenters. The molecule has 1 atom stereocenters. The van der Waals surface area contributed by atoms with Crippen molar-refractivity contribution in [1.29, 1.82) is 0 Å². The third-order valence-electron chi connectivity index (χ3n) is 3.34. The molecule has 0 saturated heterocycles. The number of ether oxygens (including phenoxy) is 1. The molecule has 2 rings (SSSR count). The van der Waals surface area contributed by atoms with Gasteiger partial charge in [-0.2, -0.15) is 0 Å². The van der Waals surface area contributed by atoms with E-state index in [2.05, 4.69) is 37.3 Å². The van der Waals surface area contributed by atoms with E-state index in [4.69, 9.17) is 10.5 Å². The van der Waals surface area contributed by atoms with Crippen LogP contribution in [-0.2, 0) is 0 Å². The molecule has 2 aromatic carbocycles. The molecule has 0 heterocycles. The van der Waals surface area contributed by atoms with Crippen LogP contribution in [-0.4, -0.2) is 6.10 Å². The molecule has 0 aliphatic rings. The van der Waals surface area contributed by atoms with Gasteiger partial charge in [0.1, 0.15) is 5.75 Å². The fraction of sp³-hybridized carbons (Fsp3) is 0.333. The SMILES string of the molecule is CCC(N)c1ccc(-c2ccccc2OC(C)C)cc1. The van der Waals surface area contributed by atoms with Crippen LogP contribution in [0.2, 0.25) is 0 Å². The second-order valence-corrected chi connectivity index (χ2v) is 5.30. The summed E-state index contributed by atoms with van der Waals surface area (Å²) in [5, 5.41) is 0. The summed E-state index contributed by atoms with van der Waals surface area (Å²) in [4.78, 5) is 0. The topological polar surface area (TPSA) is 35.2 Å². The first-order valence-electron chi connectivity index (χ1n) is 7.23. The summed E-state index contributed by atoms with van der Waals surface area (Å²) in [6.07, 6.45) is 1.12. The van der Waals surface area contributed by atoms with Gasteiger partial charge in [0.25, 0.3) is 0 Å². The summed E-state index contributed by atoms with van der Waals surface area (Å²) in [6.45, 7) is 6.19. The number of hydrogen-bond acceptors (Lipinski definition) is 2. The lowest BCUT2D eigenvalue weighted by atomic mass is 9.99. The molecule has 106 valence electrons. The molecule has 0 bridgehead atoms. The molecule has 0 aliphatic heterocycles. The molecule has 0 amide bonds. The van der Waals surface area contributed by atoms with Crippen molar-refractivity contribution in [3.05, 3.63) is 54.1 Å². The van der Waals surface area contributed by atoms with Crippen molar-refractivity contribution < 1.29 is 4.74 Å². The van der Waals surface area contributed by atoms with Crippen LogP contribution in [0.5, 0.6) is 5.75 Å². The standard InChI is InChI=1S/C18H23NO/c1-4-17(19)15-11-9-14(10-12-15)16-7-5-6-8-18(16)20-13(2)3/h5-13,17H,4,19H2,1-3H3. The van der Waals surface area contributed by atoms with Crippen LogP contribution in [0.25, 0.3) is 11.1 Å². The van der Waals surface area contributed by atoms with E-state index in [0.29, 0.717) is 0 Å². The Labute approximate surface area is 121 Å². The minimum absolute atomic E-state index is 0.117. The van der Waals surface area contributed by atoms with Gasteiger partial charge in [-0.05, 0) is 37.5 Å². The maximum atomic E-state index is 6.05. The van der Waals surface area contributed by atoms with Gasteiger partial charge < -0.3 is 10.5 Å². The average molecular weight is 269 g/mol. The van der Waals surface area contributed by atoms with E-state index in [0.717, 1.165) is 23.3 Å². The molecular formula is C18H23NO. The molecule has 2 nitrogen and oxygen atoms in total. The first kappa shape index (κ1) is 14.6. The first-order chi connectivity index (χ1) is 9.61. The van der Waals surface area contributed by atoms with E-state index in [1.165, 1.54) is 5.56 Å². The largest absolute Gasteiger partial charge is 0.490 e. The molecular weight excluding hydrogens is 246 g/mol. The Balaban J connectivity index is 2.32. The number of hydrogen-bond donors (Lipinski definition) is 1. The van der Waals surface area contributed by atoms with Crippen LogP contribution in [0.1, 0.15) is 38.8 Å². The predicted octanol–water partition coefficient (Wildman–Crippen LogP) is 4.55. The lowest BCUT2D eigenvalue weighted by Crippen LogP contribution is -2.08. The maximum Gasteiger partial charge on any atom is 0.127 e. The molecule has 20 heavy (non-hydrogen) atoms. The second kappa shape index (κ2) is 6.58. The van der Waals surface area contributed by atoms with Gasteiger partial charge in [-0.15, -0.1) is 0 Å². The summed E-state index contributed by atoms with van der Waals surface area (Å²) in [5.41, 5.74) is 9.52. The van der Waals surface area contributed by atoms with Gasteiger partial charge >= 0.3 is 0 Å². The van der Waals surface area contributed by atoms with Crippen LogP contribution in [0, 0.1) is 0 Å². The van der Waals surface area contributed by atoms with E-state index in [-0.39, 0.29) is 12.1 Å². The Morgan fingerprint density at radius 3 is 2.25 bits per heavy atom. The summed E-state index contributed by atoms with van der Waals surface area (Å²) >= 11 is 0. The molecule has 0 aliphatic carbocycles. The molecule has 0 radical (unpaired) electrons. The number of benzene rings is 2. The van der Waals surface area contributed by atoms with E-state index in [1.807, 2.05) is 32.0 Å². The summed E-state index contributed by atoms with van der Waals surface area (Å²) in [7, 11) is 0. The Hall–Kier alpha value is -1.80. The fourth-order valence-electron chi connectivity index (χ4n) is 2.21. The third kappa shape index (κ3) is 3.40. The lowest BCUT2D eigenvalue weighted by Gasteiger charge is -2.15. The van der Waals surface area contributed by atoms with Crippen molar-refractivity contribution in [2.45, 2.75) is 39.3 Å². The highest BCUT2D eigenvalue weighted by Crippen LogP contribution is 2.31. The Morgan fingerprint density at radius 2 is 1.65 bits per heavy atom. The average Bonchev–Trinajstić information content (AvgIpc) is 2.46. The zero-order valence-corrected chi connectivity index (χ0v) is 12.5. The highest BCUT2D eigenvalue weighted by Gasteiger charge is 2.08. The molecule has 0 saturated carbocycles. The second-order valence-electron chi connectivity index (χ2n) is 5.30. The fourth-order valence-corrected chi connectivity index (χ4v) is 2.21. The minimum Gasteiger partial charge on any atom is -0.490 e. The van der Waals surface area contributed by atoms with Crippen LogP contribution < -0.4 is 10.5 Å². The van der Waals surface area contributed by atoms with Crippen LogP contribution in [0.4, 0.5) is 0 Å². The predicted molar refractivity (Wildman–Crippen MR) is 84.9 cm³/mol. The van der Waals surface area contributed by atoms with E-state index >= 15 is 0 Å². The highest BCUT2D eigenvalue weighted by molar-refractivity contribution is 5.70. The first-order valence-corrected chi connectivity index (χ1v) is 7.23. The zero-order valence-electron chi connectivity index (χ0n) is 12.5. The van der Waals surface area contributed by atoms with Gasteiger partial charge in [0.2, 0.25) is 0 Å².